The summed E-state index contributed by atoms with van der Waals surface area (Å²) >= 11 is 0. The fraction of sp³-hybridized carbons (Fsp3) is 1.00. The van der Waals surface area contributed by atoms with Crippen LogP contribution >= 0.6 is 0 Å². The highest BCUT2D eigenvalue weighted by atomic mass is 19.4. The quantitative estimate of drug-likeness (QED) is 0.453. The van der Waals surface area contributed by atoms with E-state index >= 15 is 0 Å². The van der Waals surface area contributed by atoms with Crippen molar-refractivity contribution in [2.75, 3.05) is 13.1 Å². The number of hydrogen-bond acceptors (Lipinski definition) is 1. The molecule has 0 aromatic carbocycles. The van der Waals surface area contributed by atoms with E-state index in [-0.39, 0.29) is 19.3 Å². The van der Waals surface area contributed by atoms with E-state index in [1.165, 1.54) is 0 Å². The van der Waals surface area contributed by atoms with Crippen LogP contribution in [-0.2, 0) is 0 Å². The highest BCUT2D eigenvalue weighted by Gasteiger charge is 2.91. The zero-order valence-corrected chi connectivity index (χ0v) is 11.9. The molecule has 0 atom stereocenters. The van der Waals surface area contributed by atoms with Gasteiger partial charge in [-0.15, -0.1) is 0 Å². The van der Waals surface area contributed by atoms with Gasteiger partial charge < -0.3 is 0 Å². The van der Waals surface area contributed by atoms with Crippen molar-refractivity contribution in [3.8, 4) is 0 Å². The first-order valence-electron chi connectivity index (χ1n) is 6.56. The summed E-state index contributed by atoms with van der Waals surface area (Å²) in [4.78, 5) is -0.647. The second-order valence-corrected chi connectivity index (χ2v) is 5.38. The number of hydrogen-bond donors (Lipinski definition) is 0. The molecule has 0 radical (unpaired) electrons. The molecule has 0 N–H and O–H groups in total. The molecule has 1 saturated heterocycles. The summed E-state index contributed by atoms with van der Waals surface area (Å²) in [6.07, 6.45) is -7.59. The Morgan fingerprint density at radius 3 is 1.16 bits per heavy atom. The molecular formula is C11H10F13N. The zero-order chi connectivity index (χ0) is 20.1. The largest absolute Gasteiger partial charge is 0.460 e. The molecular weight excluding hydrogens is 393 g/mol. The fourth-order valence-electron chi connectivity index (χ4n) is 2.13. The van der Waals surface area contributed by atoms with Crippen LogP contribution in [0.1, 0.15) is 19.3 Å². The van der Waals surface area contributed by atoms with Crippen LogP contribution in [0.2, 0.25) is 0 Å². The minimum Gasteiger partial charge on any atom is -0.239 e. The van der Waals surface area contributed by atoms with E-state index in [0.717, 1.165) is 0 Å². The van der Waals surface area contributed by atoms with Crippen LogP contribution < -0.4 is 0 Å². The normalized spacial score (nSPS) is 20.0. The number of rotatable bonds is 5. The molecule has 0 saturated carbocycles. The summed E-state index contributed by atoms with van der Waals surface area (Å²) in [6, 6.07) is -6.08. The van der Waals surface area contributed by atoms with E-state index in [0.29, 0.717) is 0 Å². The smallest absolute Gasteiger partial charge is 0.239 e. The molecule has 0 unspecified atom stereocenters. The molecule has 0 bridgehead atoms. The highest BCUT2D eigenvalue weighted by molar-refractivity contribution is 5.10. The third-order valence-corrected chi connectivity index (χ3v) is 3.67. The van der Waals surface area contributed by atoms with Gasteiger partial charge in [-0.05, 0) is 12.8 Å². The van der Waals surface area contributed by atoms with Crippen molar-refractivity contribution in [3.05, 3.63) is 0 Å². The van der Waals surface area contributed by atoms with Crippen LogP contribution in [0.4, 0.5) is 57.1 Å². The second-order valence-electron chi connectivity index (χ2n) is 5.38. The number of alkyl halides is 13. The first-order chi connectivity index (χ1) is 10.9. The van der Waals surface area contributed by atoms with Crippen LogP contribution in [0.3, 0.4) is 0 Å². The zero-order valence-electron chi connectivity index (χ0n) is 11.9. The summed E-state index contributed by atoms with van der Waals surface area (Å²) in [5.41, 5.74) is 0. The lowest BCUT2D eigenvalue weighted by Crippen LogP contribution is -2.72. The van der Waals surface area contributed by atoms with Crippen LogP contribution in [-0.4, -0.2) is 53.9 Å². The standard InChI is InChI=1S/C11H10F13N/c12-6(13,8(16,17)10(20,21)22)7(14,15)9(18,19)11(23,24)25-4-2-1-3-5-25/h1-5H2. The van der Waals surface area contributed by atoms with Gasteiger partial charge in [0.05, 0.1) is 0 Å². The predicted molar refractivity (Wildman–Crippen MR) is 56.2 cm³/mol. The third-order valence-electron chi connectivity index (χ3n) is 3.67. The average Bonchev–Trinajstić information content (AvgIpc) is 2.46. The Morgan fingerprint density at radius 1 is 0.440 bits per heavy atom. The molecule has 1 rings (SSSR count). The van der Waals surface area contributed by atoms with Gasteiger partial charge in [-0.3, -0.25) is 0 Å². The van der Waals surface area contributed by atoms with Crippen molar-refractivity contribution >= 4 is 0 Å². The van der Waals surface area contributed by atoms with Crippen molar-refractivity contribution < 1.29 is 57.1 Å². The Kier molecular flexibility index (Phi) is 5.34. The van der Waals surface area contributed by atoms with E-state index in [1.54, 1.807) is 0 Å². The maximum Gasteiger partial charge on any atom is 0.460 e. The van der Waals surface area contributed by atoms with E-state index in [1.807, 2.05) is 0 Å². The molecule has 150 valence electrons. The van der Waals surface area contributed by atoms with Crippen molar-refractivity contribution in [3.63, 3.8) is 0 Å². The van der Waals surface area contributed by atoms with Crippen molar-refractivity contribution in [1.29, 1.82) is 0 Å². The Morgan fingerprint density at radius 2 is 0.800 bits per heavy atom. The SMILES string of the molecule is FC(F)(F)C(F)(F)C(F)(F)C(F)(F)C(F)(F)C(F)(F)N1CCCCC1. The molecule has 1 aliphatic heterocycles. The maximum atomic E-state index is 13.6. The number of halogens is 13. The van der Waals surface area contributed by atoms with Gasteiger partial charge in [-0.1, -0.05) is 6.42 Å². The summed E-state index contributed by atoms with van der Waals surface area (Å²) in [6.45, 7) is -1.92. The third kappa shape index (κ3) is 3.03. The Bertz CT molecular complexity index is 475. The molecule has 0 aromatic rings. The van der Waals surface area contributed by atoms with Gasteiger partial charge in [0.1, 0.15) is 0 Å². The summed E-state index contributed by atoms with van der Waals surface area (Å²) < 4.78 is 168. The van der Waals surface area contributed by atoms with Crippen molar-refractivity contribution in [2.45, 2.75) is 55.2 Å². The Hall–Kier alpha value is -0.950. The summed E-state index contributed by atoms with van der Waals surface area (Å²) in [5, 5.41) is 0. The highest BCUT2D eigenvalue weighted by Crippen LogP contribution is 2.60. The van der Waals surface area contributed by atoms with Crippen LogP contribution in [0.15, 0.2) is 0 Å². The Balaban J connectivity index is 3.37. The van der Waals surface area contributed by atoms with Gasteiger partial charge in [-0.2, -0.15) is 57.1 Å². The van der Waals surface area contributed by atoms with Crippen LogP contribution in [0.5, 0.6) is 0 Å². The Labute approximate surface area is 131 Å². The minimum absolute atomic E-state index is 0.216. The lowest BCUT2D eigenvalue weighted by atomic mass is 9.95. The monoisotopic (exact) mass is 403 g/mol. The lowest BCUT2D eigenvalue weighted by molar-refractivity contribution is -0.451. The van der Waals surface area contributed by atoms with E-state index < -0.39 is 53.9 Å². The molecule has 1 nitrogen and oxygen atoms in total. The molecule has 1 heterocycles. The molecule has 1 fully saturated rings. The number of nitrogens with zero attached hydrogens (tertiary/aromatic N) is 1. The van der Waals surface area contributed by atoms with Gasteiger partial charge in [0, 0.05) is 13.1 Å². The molecule has 25 heavy (non-hydrogen) atoms. The minimum atomic E-state index is -7.83. The van der Waals surface area contributed by atoms with Crippen molar-refractivity contribution in [2.24, 2.45) is 0 Å². The molecule has 0 aromatic heterocycles. The van der Waals surface area contributed by atoms with E-state index in [9.17, 15) is 57.1 Å². The van der Waals surface area contributed by atoms with Gasteiger partial charge in [0.2, 0.25) is 0 Å². The van der Waals surface area contributed by atoms with Gasteiger partial charge in [0.15, 0.2) is 0 Å². The van der Waals surface area contributed by atoms with Crippen LogP contribution in [0.25, 0.3) is 0 Å². The van der Waals surface area contributed by atoms with Crippen LogP contribution in [0, 0.1) is 0 Å². The molecule has 0 aliphatic carbocycles. The lowest BCUT2D eigenvalue weighted by Gasteiger charge is -2.43. The number of likely N-dealkylation sites (tertiary alicyclic amines) is 1. The van der Waals surface area contributed by atoms with Crippen molar-refractivity contribution in [1.82, 2.24) is 4.90 Å². The number of piperidine rings is 1. The second kappa shape index (κ2) is 6.05. The van der Waals surface area contributed by atoms with Gasteiger partial charge >= 0.3 is 35.9 Å². The first kappa shape index (κ1) is 22.1. The van der Waals surface area contributed by atoms with E-state index in [2.05, 4.69) is 0 Å². The summed E-state index contributed by atoms with van der Waals surface area (Å²) in [5.74, 6) is -30.4. The summed E-state index contributed by atoms with van der Waals surface area (Å²) in [7, 11) is 0. The van der Waals surface area contributed by atoms with E-state index in [4.69, 9.17) is 0 Å². The maximum absolute atomic E-state index is 13.6. The average molecular weight is 403 g/mol. The predicted octanol–water partition coefficient (Wildman–Crippen LogP) is 5.17. The topological polar surface area (TPSA) is 3.24 Å². The molecule has 14 heteroatoms. The fourth-order valence-corrected chi connectivity index (χ4v) is 2.13. The molecule has 0 amide bonds. The molecule has 0 spiro atoms. The van der Waals surface area contributed by atoms with Gasteiger partial charge in [0.25, 0.3) is 0 Å². The first-order valence-corrected chi connectivity index (χ1v) is 6.56. The molecule has 1 aliphatic rings. The van der Waals surface area contributed by atoms with Gasteiger partial charge in [-0.25, -0.2) is 4.90 Å².